The topological polar surface area (TPSA) is 61.9 Å². The molecule has 1 heterocycles. The molecule has 0 unspecified atom stereocenters. The van der Waals surface area contributed by atoms with Crippen molar-refractivity contribution in [2.75, 3.05) is 27.7 Å². The molecule has 3 aromatic carbocycles. The Morgan fingerprint density at radius 2 is 1.62 bits per heavy atom. The number of likely N-dealkylation sites (N-methyl/N-ethyl adjacent to an activating group) is 1. The van der Waals surface area contributed by atoms with Gasteiger partial charge in [-0.25, -0.2) is 0 Å². The number of ether oxygens (including phenoxy) is 1. The highest BCUT2D eigenvalue weighted by molar-refractivity contribution is 5.84. The summed E-state index contributed by atoms with van der Waals surface area (Å²) in [5.74, 6) is 1.03. The van der Waals surface area contributed by atoms with Crippen molar-refractivity contribution in [2.24, 2.45) is 0 Å². The molecule has 164 valence electrons. The van der Waals surface area contributed by atoms with Crippen molar-refractivity contribution in [1.82, 2.24) is 9.88 Å². The number of rotatable bonds is 8. The number of fused-ring (bicyclic) bond motifs is 1. The van der Waals surface area contributed by atoms with Crippen LogP contribution in [0, 0.1) is 0 Å². The molecule has 0 fully saturated rings. The molecule has 1 amide bonds. The third-order valence-corrected chi connectivity index (χ3v) is 5.99. The number of amides is 1. The summed E-state index contributed by atoms with van der Waals surface area (Å²) in [5, 5.41) is 3.37. The summed E-state index contributed by atoms with van der Waals surface area (Å²) < 4.78 is 5.36. The van der Waals surface area contributed by atoms with Crippen LogP contribution in [0.25, 0.3) is 10.9 Å². The number of hydrogen-bond donors (Lipinski definition) is 2. The maximum absolute atomic E-state index is 13.0. The lowest BCUT2D eigenvalue weighted by Gasteiger charge is -2.23. The van der Waals surface area contributed by atoms with E-state index in [0.29, 0.717) is 0 Å². The lowest BCUT2D eigenvalue weighted by molar-refractivity contribution is -0.684. The predicted molar refractivity (Wildman–Crippen MR) is 128 cm³/mol. The fraction of sp³-hybridized carbons (Fsp3) is 0.222. The maximum atomic E-state index is 13.0. The number of methoxy groups -OCH3 is 1. The molecular formula is C27H30N3O2+. The first kappa shape index (κ1) is 21.7. The van der Waals surface area contributed by atoms with Crippen molar-refractivity contribution >= 4 is 16.8 Å². The van der Waals surface area contributed by atoms with E-state index in [4.69, 9.17) is 4.74 Å². The second-order valence-corrected chi connectivity index (χ2v) is 8.21. The minimum absolute atomic E-state index is 0.0867. The minimum Gasteiger partial charge on any atom is -0.497 e. The van der Waals surface area contributed by atoms with Gasteiger partial charge in [0, 0.05) is 36.8 Å². The Hall–Kier alpha value is -3.57. The number of quaternary nitrogens is 1. The van der Waals surface area contributed by atoms with E-state index in [2.05, 4.69) is 46.8 Å². The second-order valence-electron chi connectivity index (χ2n) is 8.21. The van der Waals surface area contributed by atoms with Crippen molar-refractivity contribution < 1.29 is 14.8 Å². The molecule has 1 aromatic heterocycles. The molecule has 5 nitrogen and oxygen atoms in total. The number of nitrogens with zero attached hydrogens (tertiary/aromatic N) is 1. The fourth-order valence-electron chi connectivity index (χ4n) is 4.25. The van der Waals surface area contributed by atoms with Gasteiger partial charge in [-0.3, -0.25) is 4.79 Å². The number of aromatic nitrogens is 1. The van der Waals surface area contributed by atoms with E-state index in [1.165, 1.54) is 16.5 Å². The van der Waals surface area contributed by atoms with Crippen LogP contribution in [0.3, 0.4) is 0 Å². The third kappa shape index (κ3) is 4.53. The van der Waals surface area contributed by atoms with Crippen molar-refractivity contribution in [3.05, 3.63) is 102 Å². The predicted octanol–water partition coefficient (Wildman–Crippen LogP) is 3.70. The van der Waals surface area contributed by atoms with Gasteiger partial charge in [0.05, 0.1) is 19.6 Å². The Bertz CT molecular complexity index is 1170. The van der Waals surface area contributed by atoms with Crippen molar-refractivity contribution in [3.63, 3.8) is 0 Å². The van der Waals surface area contributed by atoms with Gasteiger partial charge in [-0.2, -0.15) is 0 Å². The van der Waals surface area contributed by atoms with E-state index in [0.717, 1.165) is 23.4 Å². The fourth-order valence-corrected chi connectivity index (χ4v) is 4.25. The van der Waals surface area contributed by atoms with Crippen LogP contribution in [-0.2, 0) is 4.79 Å². The SMILES string of the molecule is COc1ccc([C@@H](C[NH2+][C@@H](C(=O)N(C)C)c2ccccc2)c2c[nH]c3ccccc23)cc1. The number of nitrogens with two attached hydrogens (primary N) is 1. The second kappa shape index (κ2) is 9.71. The number of carbonyl (C=O) groups is 1. The van der Waals surface area contributed by atoms with Gasteiger partial charge >= 0.3 is 0 Å². The van der Waals surface area contributed by atoms with Crippen LogP contribution >= 0.6 is 0 Å². The van der Waals surface area contributed by atoms with Crippen LogP contribution in [0.2, 0.25) is 0 Å². The van der Waals surface area contributed by atoms with E-state index in [-0.39, 0.29) is 17.9 Å². The summed E-state index contributed by atoms with van der Waals surface area (Å²) in [6.07, 6.45) is 2.10. The van der Waals surface area contributed by atoms with Gasteiger partial charge in [-0.15, -0.1) is 0 Å². The first-order chi connectivity index (χ1) is 15.6. The average Bonchev–Trinajstić information content (AvgIpc) is 3.26. The lowest BCUT2D eigenvalue weighted by atomic mass is 9.90. The normalized spacial score (nSPS) is 13.0. The van der Waals surface area contributed by atoms with E-state index >= 15 is 0 Å². The van der Waals surface area contributed by atoms with Crippen LogP contribution in [0.15, 0.2) is 85.1 Å². The molecule has 0 radical (unpaired) electrons. The standard InChI is InChI=1S/C27H29N3O2/c1-30(2)27(31)26(20-9-5-4-6-10-20)29-17-23(19-13-15-21(32-3)16-14-19)24-18-28-25-12-8-7-11-22(24)25/h4-16,18,23,26,28-29H,17H2,1-3H3/p+1/t23-,26-/m1/s1. The summed E-state index contributed by atoms with van der Waals surface area (Å²) >= 11 is 0. The van der Waals surface area contributed by atoms with Gasteiger partial charge in [-0.05, 0) is 29.3 Å². The molecular weight excluding hydrogens is 398 g/mol. The third-order valence-electron chi connectivity index (χ3n) is 5.99. The van der Waals surface area contributed by atoms with Gasteiger partial charge in [0.2, 0.25) is 0 Å². The zero-order valence-electron chi connectivity index (χ0n) is 18.8. The van der Waals surface area contributed by atoms with Crippen molar-refractivity contribution in [2.45, 2.75) is 12.0 Å². The largest absolute Gasteiger partial charge is 0.497 e. The maximum Gasteiger partial charge on any atom is 0.285 e. The Balaban J connectivity index is 1.70. The molecule has 2 atom stereocenters. The first-order valence-electron chi connectivity index (χ1n) is 10.9. The average molecular weight is 429 g/mol. The van der Waals surface area contributed by atoms with Crippen LogP contribution in [0.5, 0.6) is 5.75 Å². The molecule has 0 aliphatic heterocycles. The van der Waals surface area contributed by atoms with Gasteiger partial charge < -0.3 is 19.9 Å². The van der Waals surface area contributed by atoms with Gasteiger partial charge in [0.25, 0.3) is 5.91 Å². The molecule has 4 aromatic rings. The molecule has 0 saturated heterocycles. The monoisotopic (exact) mass is 428 g/mol. The highest BCUT2D eigenvalue weighted by Gasteiger charge is 2.28. The van der Waals surface area contributed by atoms with Crippen LogP contribution in [0.1, 0.15) is 28.7 Å². The highest BCUT2D eigenvalue weighted by Crippen LogP contribution is 2.31. The highest BCUT2D eigenvalue weighted by atomic mass is 16.5. The van der Waals surface area contributed by atoms with Crippen molar-refractivity contribution in [1.29, 1.82) is 0 Å². The summed E-state index contributed by atoms with van der Waals surface area (Å²) in [5.41, 5.74) is 4.55. The quantitative estimate of drug-likeness (QED) is 0.450. The minimum atomic E-state index is -0.294. The zero-order chi connectivity index (χ0) is 22.5. The molecule has 4 rings (SSSR count). The number of nitrogens with one attached hydrogen (secondary N) is 1. The Labute approximate surface area is 189 Å². The number of para-hydroxylation sites is 1. The number of H-pyrrole nitrogens is 1. The lowest BCUT2D eigenvalue weighted by Crippen LogP contribution is -2.88. The zero-order valence-corrected chi connectivity index (χ0v) is 18.8. The van der Waals surface area contributed by atoms with Crippen LogP contribution in [-0.4, -0.2) is 43.5 Å². The molecule has 0 spiro atoms. The molecule has 3 N–H and O–H groups in total. The summed E-state index contributed by atoms with van der Waals surface area (Å²) in [6.45, 7) is 0.729. The number of hydrogen-bond acceptors (Lipinski definition) is 2. The van der Waals surface area contributed by atoms with Gasteiger partial charge in [-0.1, -0.05) is 60.7 Å². The molecule has 0 aliphatic carbocycles. The number of carbonyl (C=O) groups excluding carboxylic acids is 1. The number of aromatic amines is 1. The van der Waals surface area contributed by atoms with E-state index in [1.807, 2.05) is 62.6 Å². The Morgan fingerprint density at radius 3 is 2.31 bits per heavy atom. The Morgan fingerprint density at radius 1 is 0.938 bits per heavy atom. The first-order valence-corrected chi connectivity index (χ1v) is 10.9. The summed E-state index contributed by atoms with van der Waals surface area (Å²) in [7, 11) is 5.30. The van der Waals surface area contributed by atoms with Crippen LogP contribution in [0.4, 0.5) is 0 Å². The number of benzene rings is 3. The van der Waals surface area contributed by atoms with Gasteiger partial charge in [0.1, 0.15) is 5.75 Å². The summed E-state index contributed by atoms with van der Waals surface area (Å²) in [6, 6.07) is 26.3. The smallest absolute Gasteiger partial charge is 0.285 e. The molecule has 0 aliphatic rings. The van der Waals surface area contributed by atoms with E-state index < -0.39 is 0 Å². The molecule has 32 heavy (non-hydrogen) atoms. The van der Waals surface area contributed by atoms with Crippen molar-refractivity contribution in [3.8, 4) is 5.75 Å². The Kier molecular flexibility index (Phi) is 6.57. The molecule has 0 bridgehead atoms. The van der Waals surface area contributed by atoms with Gasteiger partial charge in [0.15, 0.2) is 6.04 Å². The molecule has 0 saturated carbocycles. The summed E-state index contributed by atoms with van der Waals surface area (Å²) in [4.78, 5) is 18.1. The van der Waals surface area contributed by atoms with Crippen LogP contribution < -0.4 is 10.1 Å². The van der Waals surface area contributed by atoms with E-state index in [9.17, 15) is 4.79 Å². The molecule has 5 heteroatoms. The van der Waals surface area contributed by atoms with E-state index in [1.54, 1.807) is 12.0 Å².